The van der Waals surface area contributed by atoms with E-state index in [1.54, 1.807) is 0 Å². The Kier molecular flexibility index (Phi) is 4.16. The number of nitro groups is 1. The molecule has 104 valence electrons. The zero-order valence-corrected chi connectivity index (χ0v) is 11.0. The second kappa shape index (κ2) is 5.83. The van der Waals surface area contributed by atoms with Gasteiger partial charge in [0.2, 0.25) is 0 Å². The summed E-state index contributed by atoms with van der Waals surface area (Å²) in [7, 11) is 0. The van der Waals surface area contributed by atoms with Crippen LogP contribution in [-0.4, -0.2) is 22.5 Å². The van der Waals surface area contributed by atoms with Crippen LogP contribution in [-0.2, 0) is 0 Å². The lowest BCUT2D eigenvalue weighted by Crippen LogP contribution is -2.39. The Morgan fingerprint density at radius 3 is 3.00 bits per heavy atom. The van der Waals surface area contributed by atoms with E-state index in [-0.39, 0.29) is 5.69 Å². The number of hydrazine groups is 1. The van der Waals surface area contributed by atoms with Crippen molar-refractivity contribution in [2.75, 3.05) is 16.9 Å². The van der Waals surface area contributed by atoms with Gasteiger partial charge in [-0.25, -0.2) is 10.8 Å². The maximum absolute atomic E-state index is 10.9. The van der Waals surface area contributed by atoms with E-state index >= 15 is 0 Å². The van der Waals surface area contributed by atoms with E-state index in [9.17, 15) is 10.1 Å². The first kappa shape index (κ1) is 13.5. The number of rotatable bonds is 4. The highest BCUT2D eigenvalue weighted by Gasteiger charge is 2.24. The smallest absolute Gasteiger partial charge is 0.276 e. The molecule has 1 aliphatic heterocycles. The van der Waals surface area contributed by atoms with Gasteiger partial charge in [0.15, 0.2) is 0 Å². The van der Waals surface area contributed by atoms with Crippen molar-refractivity contribution in [3.8, 4) is 0 Å². The molecule has 0 saturated carbocycles. The van der Waals surface area contributed by atoms with Gasteiger partial charge in [-0.1, -0.05) is 6.92 Å². The van der Waals surface area contributed by atoms with E-state index in [0.29, 0.717) is 17.7 Å². The van der Waals surface area contributed by atoms with Gasteiger partial charge in [0.1, 0.15) is 11.6 Å². The number of nitrogens with one attached hydrogen (secondary N) is 1. The van der Waals surface area contributed by atoms with Crippen LogP contribution in [0.1, 0.15) is 32.6 Å². The number of piperidine rings is 1. The monoisotopic (exact) mass is 265 g/mol. The third-order valence-electron chi connectivity index (χ3n) is 3.55. The van der Waals surface area contributed by atoms with Gasteiger partial charge in [-0.05, 0) is 25.7 Å². The van der Waals surface area contributed by atoms with Crippen LogP contribution in [0.15, 0.2) is 12.1 Å². The standard InChI is InChI=1S/C12H19N5O2/c1-2-9-5-3-4-6-16(9)12-8-10(17(18)19)7-11(14-12)15-13/h7-9H,2-6,13H2,1H3,(H,14,15). The van der Waals surface area contributed by atoms with Crippen molar-refractivity contribution in [1.82, 2.24) is 4.98 Å². The Morgan fingerprint density at radius 1 is 1.58 bits per heavy atom. The van der Waals surface area contributed by atoms with Crippen LogP contribution in [0.4, 0.5) is 17.3 Å². The summed E-state index contributed by atoms with van der Waals surface area (Å²) in [5.41, 5.74) is 2.40. The molecule has 1 fully saturated rings. The van der Waals surface area contributed by atoms with E-state index in [4.69, 9.17) is 5.84 Å². The molecule has 1 unspecified atom stereocenters. The highest BCUT2D eigenvalue weighted by atomic mass is 16.6. The molecule has 1 aromatic rings. The van der Waals surface area contributed by atoms with Gasteiger partial charge in [0.25, 0.3) is 5.69 Å². The van der Waals surface area contributed by atoms with Crippen LogP contribution in [0.2, 0.25) is 0 Å². The van der Waals surface area contributed by atoms with Crippen LogP contribution in [0.5, 0.6) is 0 Å². The highest BCUT2D eigenvalue weighted by Crippen LogP contribution is 2.29. The van der Waals surface area contributed by atoms with E-state index in [1.165, 1.54) is 18.6 Å². The van der Waals surface area contributed by atoms with Crippen LogP contribution >= 0.6 is 0 Å². The molecule has 0 bridgehead atoms. The fourth-order valence-corrected chi connectivity index (χ4v) is 2.56. The Balaban J connectivity index is 2.36. The molecule has 1 aromatic heterocycles. The highest BCUT2D eigenvalue weighted by molar-refractivity contribution is 5.56. The number of nitrogen functional groups attached to an aromatic ring is 1. The predicted molar refractivity (Wildman–Crippen MR) is 74.0 cm³/mol. The molecule has 7 heteroatoms. The van der Waals surface area contributed by atoms with Crippen LogP contribution in [0.3, 0.4) is 0 Å². The molecule has 1 saturated heterocycles. The topological polar surface area (TPSA) is 97.3 Å². The minimum absolute atomic E-state index is 0.0124. The van der Waals surface area contributed by atoms with Crippen LogP contribution in [0, 0.1) is 10.1 Å². The third kappa shape index (κ3) is 2.93. The average Bonchev–Trinajstić information content (AvgIpc) is 2.46. The quantitative estimate of drug-likeness (QED) is 0.491. The molecule has 0 aliphatic carbocycles. The van der Waals surface area contributed by atoms with Gasteiger partial charge >= 0.3 is 0 Å². The normalized spacial score (nSPS) is 19.3. The van der Waals surface area contributed by atoms with Gasteiger partial charge in [0, 0.05) is 12.6 Å². The van der Waals surface area contributed by atoms with Crippen molar-refractivity contribution in [1.29, 1.82) is 0 Å². The average molecular weight is 265 g/mol. The van der Waals surface area contributed by atoms with Gasteiger partial charge in [-0.2, -0.15) is 0 Å². The SMILES string of the molecule is CCC1CCCCN1c1cc([N+](=O)[O-])cc(NN)n1. The Hall–Kier alpha value is -1.89. The molecule has 0 spiro atoms. The summed E-state index contributed by atoms with van der Waals surface area (Å²) in [5, 5.41) is 10.9. The second-order valence-corrected chi connectivity index (χ2v) is 4.72. The van der Waals surface area contributed by atoms with Crippen molar-refractivity contribution >= 4 is 17.3 Å². The first-order valence-electron chi connectivity index (χ1n) is 6.55. The number of pyridine rings is 1. The predicted octanol–water partition coefficient (Wildman–Crippen LogP) is 2.04. The molecule has 19 heavy (non-hydrogen) atoms. The maximum atomic E-state index is 10.9. The molecule has 3 N–H and O–H groups in total. The number of anilines is 2. The molecule has 7 nitrogen and oxygen atoms in total. The molecule has 2 heterocycles. The lowest BCUT2D eigenvalue weighted by molar-refractivity contribution is -0.384. The van der Waals surface area contributed by atoms with Crippen molar-refractivity contribution in [3.05, 3.63) is 22.2 Å². The van der Waals surface area contributed by atoms with Gasteiger partial charge in [-0.15, -0.1) is 0 Å². The lowest BCUT2D eigenvalue weighted by Gasteiger charge is -2.36. The summed E-state index contributed by atoms with van der Waals surface area (Å²) in [6, 6.07) is 3.26. The van der Waals surface area contributed by atoms with Gasteiger partial charge in [0.05, 0.1) is 17.1 Å². The van der Waals surface area contributed by atoms with Gasteiger partial charge in [-0.3, -0.25) is 10.1 Å². The summed E-state index contributed by atoms with van der Waals surface area (Å²) in [6.07, 6.45) is 4.40. The molecule has 1 atom stereocenters. The number of aromatic nitrogens is 1. The van der Waals surface area contributed by atoms with Crippen molar-refractivity contribution in [2.45, 2.75) is 38.6 Å². The summed E-state index contributed by atoms with van der Waals surface area (Å²) in [5.74, 6) is 6.29. The number of hydrogen-bond donors (Lipinski definition) is 2. The van der Waals surface area contributed by atoms with Crippen molar-refractivity contribution in [3.63, 3.8) is 0 Å². The number of hydrogen-bond acceptors (Lipinski definition) is 6. The maximum Gasteiger partial charge on any atom is 0.276 e. The summed E-state index contributed by atoms with van der Waals surface area (Å²) in [4.78, 5) is 17.0. The van der Waals surface area contributed by atoms with E-state index in [1.807, 2.05) is 0 Å². The molecule has 2 rings (SSSR count). The number of nitrogens with zero attached hydrogens (tertiary/aromatic N) is 3. The third-order valence-corrected chi connectivity index (χ3v) is 3.55. The molecule has 0 radical (unpaired) electrons. The largest absolute Gasteiger partial charge is 0.353 e. The molecule has 0 aromatic carbocycles. The van der Waals surface area contributed by atoms with E-state index in [0.717, 1.165) is 25.8 Å². The fraction of sp³-hybridized carbons (Fsp3) is 0.583. The van der Waals surface area contributed by atoms with Gasteiger partial charge < -0.3 is 10.3 Å². The Morgan fingerprint density at radius 2 is 2.37 bits per heavy atom. The molecular formula is C12H19N5O2. The van der Waals surface area contributed by atoms with Crippen molar-refractivity contribution in [2.24, 2.45) is 5.84 Å². The number of nitrogens with two attached hydrogens (primary N) is 1. The van der Waals surface area contributed by atoms with E-state index < -0.39 is 4.92 Å². The fourth-order valence-electron chi connectivity index (χ4n) is 2.56. The molecule has 0 amide bonds. The summed E-state index contributed by atoms with van der Waals surface area (Å²) < 4.78 is 0. The Bertz CT molecular complexity index is 465. The summed E-state index contributed by atoms with van der Waals surface area (Å²) in [6.45, 7) is 3.01. The summed E-state index contributed by atoms with van der Waals surface area (Å²) >= 11 is 0. The molecular weight excluding hydrogens is 246 g/mol. The van der Waals surface area contributed by atoms with Crippen LogP contribution in [0.25, 0.3) is 0 Å². The van der Waals surface area contributed by atoms with Crippen LogP contribution < -0.4 is 16.2 Å². The zero-order valence-electron chi connectivity index (χ0n) is 11.0. The lowest BCUT2D eigenvalue weighted by atomic mass is 10.00. The zero-order chi connectivity index (χ0) is 13.8. The van der Waals surface area contributed by atoms with Crippen molar-refractivity contribution < 1.29 is 4.92 Å². The minimum atomic E-state index is -0.420. The Labute approximate surface area is 111 Å². The minimum Gasteiger partial charge on any atom is -0.353 e. The molecule has 1 aliphatic rings. The second-order valence-electron chi connectivity index (χ2n) is 4.72. The van der Waals surface area contributed by atoms with E-state index in [2.05, 4.69) is 22.2 Å². The first-order chi connectivity index (χ1) is 9.15. The first-order valence-corrected chi connectivity index (χ1v) is 6.55.